The van der Waals surface area contributed by atoms with E-state index in [-0.39, 0.29) is 6.03 Å². The van der Waals surface area contributed by atoms with Crippen molar-refractivity contribution >= 4 is 34.9 Å². The SMILES string of the molecule is Cc1c(CN2CCN(c3cc(Cl)cc(Cl)c3)C2=O)ncn1C(c1ccccc1)(c1ccccc1)c1ccccc1. The summed E-state index contributed by atoms with van der Waals surface area (Å²) in [6.07, 6.45) is 1.91. The van der Waals surface area contributed by atoms with Gasteiger partial charge in [-0.25, -0.2) is 9.78 Å². The molecule has 0 atom stereocenters. The maximum Gasteiger partial charge on any atom is 0.324 e. The van der Waals surface area contributed by atoms with Gasteiger partial charge in [-0.15, -0.1) is 0 Å². The quantitative estimate of drug-likeness (QED) is 0.189. The minimum absolute atomic E-state index is 0.0901. The summed E-state index contributed by atoms with van der Waals surface area (Å²) in [5.74, 6) is 0. The molecule has 1 aliphatic heterocycles. The molecule has 0 saturated carbocycles. The summed E-state index contributed by atoms with van der Waals surface area (Å²) in [5.41, 5.74) is 5.27. The second-order valence-electron chi connectivity index (χ2n) is 9.94. The Morgan fingerprint density at radius 3 is 1.75 bits per heavy atom. The molecule has 5 nitrogen and oxygen atoms in total. The maximum absolute atomic E-state index is 13.4. The molecule has 2 heterocycles. The Balaban J connectivity index is 1.42. The van der Waals surface area contributed by atoms with E-state index in [0.717, 1.165) is 28.1 Å². The molecular weight excluding hydrogens is 539 g/mol. The molecule has 1 aliphatic rings. The van der Waals surface area contributed by atoms with Crippen LogP contribution < -0.4 is 4.90 Å². The molecule has 0 unspecified atom stereocenters. The lowest BCUT2D eigenvalue weighted by Gasteiger charge is -2.38. The fourth-order valence-corrected chi connectivity index (χ4v) is 6.25. The van der Waals surface area contributed by atoms with Gasteiger partial charge in [-0.05, 0) is 41.8 Å². The summed E-state index contributed by atoms with van der Waals surface area (Å²) in [4.78, 5) is 21.9. The van der Waals surface area contributed by atoms with E-state index in [4.69, 9.17) is 28.2 Å². The van der Waals surface area contributed by atoms with Crippen LogP contribution in [0.3, 0.4) is 0 Å². The zero-order valence-electron chi connectivity index (χ0n) is 22.0. The highest BCUT2D eigenvalue weighted by Gasteiger charge is 2.40. The van der Waals surface area contributed by atoms with Gasteiger partial charge in [0.1, 0.15) is 5.54 Å². The largest absolute Gasteiger partial charge is 0.324 e. The highest BCUT2D eigenvalue weighted by atomic mass is 35.5. The summed E-state index contributed by atoms with van der Waals surface area (Å²) in [5, 5.41) is 1.00. The molecule has 200 valence electrons. The lowest BCUT2D eigenvalue weighted by Crippen LogP contribution is -2.38. The number of nitrogens with zero attached hydrogens (tertiary/aromatic N) is 4. The number of carbonyl (C=O) groups excluding carboxylic acids is 1. The number of halogens is 2. The summed E-state index contributed by atoms with van der Waals surface area (Å²) in [6, 6.07) is 36.6. The molecule has 0 N–H and O–H groups in total. The summed E-state index contributed by atoms with van der Waals surface area (Å²) < 4.78 is 2.25. The van der Waals surface area contributed by atoms with Crippen LogP contribution in [0.15, 0.2) is 116 Å². The van der Waals surface area contributed by atoms with E-state index in [1.807, 2.05) is 29.4 Å². The Labute approximate surface area is 244 Å². The number of benzene rings is 4. The number of hydrogen-bond acceptors (Lipinski definition) is 2. The number of urea groups is 1. The van der Waals surface area contributed by atoms with Crippen LogP contribution in [0.25, 0.3) is 0 Å². The van der Waals surface area contributed by atoms with Crippen molar-refractivity contribution in [2.24, 2.45) is 0 Å². The molecule has 0 radical (unpaired) electrons. The standard InChI is InChI=1S/C33H28Cl2N4O/c1-24-31(22-37-17-18-38(32(37)40)30-20-28(34)19-29(35)21-30)36-23-39(24)33(25-11-5-2-6-12-25,26-13-7-3-8-14-26)27-15-9-4-10-16-27/h2-16,19-21,23H,17-18,22H2,1H3. The van der Waals surface area contributed by atoms with Gasteiger partial charge in [0, 0.05) is 34.5 Å². The van der Waals surface area contributed by atoms with Crippen molar-refractivity contribution in [3.63, 3.8) is 0 Å². The highest BCUT2D eigenvalue weighted by molar-refractivity contribution is 6.35. The molecular formula is C33H28Cl2N4O. The first-order chi connectivity index (χ1) is 19.5. The normalized spacial score (nSPS) is 13.7. The van der Waals surface area contributed by atoms with Crippen LogP contribution in [0.1, 0.15) is 28.1 Å². The molecule has 1 saturated heterocycles. The van der Waals surface area contributed by atoms with Crippen LogP contribution in [0.4, 0.5) is 10.5 Å². The first kappa shape index (κ1) is 26.2. The molecule has 5 aromatic rings. The van der Waals surface area contributed by atoms with Gasteiger partial charge in [-0.1, -0.05) is 114 Å². The number of hydrogen-bond donors (Lipinski definition) is 0. The predicted octanol–water partition coefficient (Wildman–Crippen LogP) is 7.78. The van der Waals surface area contributed by atoms with Crippen LogP contribution in [0.5, 0.6) is 0 Å². The minimum atomic E-state index is -0.655. The van der Waals surface area contributed by atoms with E-state index in [1.54, 1.807) is 23.1 Å². The average molecular weight is 568 g/mol. The van der Waals surface area contributed by atoms with E-state index in [0.29, 0.717) is 35.4 Å². The Hall–Kier alpha value is -4.06. The third-order valence-electron chi connectivity index (χ3n) is 7.64. The van der Waals surface area contributed by atoms with Gasteiger partial charge in [-0.3, -0.25) is 4.90 Å². The smallest absolute Gasteiger partial charge is 0.317 e. The third-order valence-corrected chi connectivity index (χ3v) is 8.08. The zero-order chi connectivity index (χ0) is 27.7. The van der Waals surface area contributed by atoms with Gasteiger partial charge in [0.15, 0.2) is 0 Å². The molecule has 0 bridgehead atoms. The van der Waals surface area contributed by atoms with Crippen molar-refractivity contribution in [2.75, 3.05) is 18.0 Å². The molecule has 1 fully saturated rings. The molecule has 7 heteroatoms. The van der Waals surface area contributed by atoms with Crippen molar-refractivity contribution < 1.29 is 4.79 Å². The second kappa shape index (κ2) is 10.8. The van der Waals surface area contributed by atoms with Crippen molar-refractivity contribution in [3.05, 3.63) is 154 Å². The minimum Gasteiger partial charge on any atom is -0.317 e. The number of aromatic nitrogens is 2. The monoisotopic (exact) mass is 566 g/mol. The number of carbonyl (C=O) groups is 1. The summed E-state index contributed by atoms with van der Waals surface area (Å²) in [7, 11) is 0. The number of anilines is 1. The second-order valence-corrected chi connectivity index (χ2v) is 10.8. The first-order valence-corrected chi connectivity index (χ1v) is 14.0. The van der Waals surface area contributed by atoms with E-state index in [9.17, 15) is 4.79 Å². The summed E-state index contributed by atoms with van der Waals surface area (Å²) >= 11 is 12.4. The highest BCUT2D eigenvalue weighted by Crippen LogP contribution is 2.42. The van der Waals surface area contributed by atoms with E-state index < -0.39 is 5.54 Å². The predicted molar refractivity (Wildman–Crippen MR) is 161 cm³/mol. The van der Waals surface area contributed by atoms with Gasteiger partial charge >= 0.3 is 6.03 Å². The Morgan fingerprint density at radius 2 is 1.25 bits per heavy atom. The molecule has 0 spiro atoms. The van der Waals surface area contributed by atoms with Crippen LogP contribution in [0, 0.1) is 6.92 Å². The molecule has 2 amide bonds. The number of rotatable bonds is 7. The zero-order valence-corrected chi connectivity index (χ0v) is 23.6. The Kier molecular flexibility index (Phi) is 7.09. The van der Waals surface area contributed by atoms with Gasteiger partial charge in [0.25, 0.3) is 0 Å². The Bertz CT molecular complexity index is 1520. The van der Waals surface area contributed by atoms with Crippen LogP contribution in [-0.4, -0.2) is 33.6 Å². The van der Waals surface area contributed by atoms with Crippen LogP contribution in [-0.2, 0) is 12.1 Å². The van der Waals surface area contributed by atoms with Crippen molar-refractivity contribution in [3.8, 4) is 0 Å². The first-order valence-electron chi connectivity index (χ1n) is 13.2. The van der Waals surface area contributed by atoms with Gasteiger partial charge in [0.2, 0.25) is 0 Å². The van der Waals surface area contributed by atoms with E-state index >= 15 is 0 Å². The number of amides is 2. The lowest BCUT2D eigenvalue weighted by molar-refractivity contribution is 0.218. The van der Waals surface area contributed by atoms with Crippen LogP contribution in [0.2, 0.25) is 10.0 Å². The van der Waals surface area contributed by atoms with E-state index in [2.05, 4.69) is 84.3 Å². The summed E-state index contributed by atoms with van der Waals surface area (Å²) in [6.45, 7) is 3.62. The molecule has 6 rings (SSSR count). The maximum atomic E-state index is 13.4. The Morgan fingerprint density at radius 1 is 0.750 bits per heavy atom. The molecule has 0 aliphatic carbocycles. The van der Waals surface area contributed by atoms with Crippen LogP contribution >= 0.6 is 23.2 Å². The number of imidazole rings is 1. The van der Waals surface area contributed by atoms with Crippen molar-refractivity contribution in [1.29, 1.82) is 0 Å². The fourth-order valence-electron chi connectivity index (χ4n) is 5.74. The molecule has 40 heavy (non-hydrogen) atoms. The van der Waals surface area contributed by atoms with Crippen molar-refractivity contribution in [2.45, 2.75) is 19.0 Å². The third kappa shape index (κ3) is 4.55. The van der Waals surface area contributed by atoms with Gasteiger partial charge in [-0.2, -0.15) is 0 Å². The molecule has 1 aromatic heterocycles. The van der Waals surface area contributed by atoms with E-state index in [1.165, 1.54) is 0 Å². The fraction of sp³-hybridized carbons (Fsp3) is 0.152. The van der Waals surface area contributed by atoms with Gasteiger partial charge < -0.3 is 9.47 Å². The van der Waals surface area contributed by atoms with Gasteiger partial charge in [0.05, 0.1) is 18.6 Å². The average Bonchev–Trinajstić information content (AvgIpc) is 3.53. The topological polar surface area (TPSA) is 41.4 Å². The lowest BCUT2D eigenvalue weighted by atomic mass is 9.76. The van der Waals surface area contributed by atoms with Crippen molar-refractivity contribution in [1.82, 2.24) is 14.5 Å². The molecule has 4 aromatic carbocycles.